The van der Waals surface area contributed by atoms with Gasteiger partial charge in [0.05, 0.1) is 9.88 Å². The number of hydrogen-bond acceptors (Lipinski definition) is 3. The number of alkyl halides is 3. The molecular weight excluding hydrogens is 239 g/mol. The Morgan fingerprint density at radius 1 is 1.44 bits per heavy atom. The highest BCUT2D eigenvalue weighted by atomic mass is 32.1. The van der Waals surface area contributed by atoms with E-state index in [-0.39, 0.29) is 0 Å². The Morgan fingerprint density at radius 3 is 2.56 bits per heavy atom. The van der Waals surface area contributed by atoms with Gasteiger partial charge in [0, 0.05) is 6.54 Å². The molecule has 2 nitrogen and oxygen atoms in total. The Balaban J connectivity index is 2.80. The van der Waals surface area contributed by atoms with Crippen LogP contribution in [0.2, 0.25) is 0 Å². The number of nitrogens with zero attached hydrogens (tertiary/aromatic N) is 1. The molecule has 0 saturated carbocycles. The number of anilines is 1. The highest BCUT2D eigenvalue weighted by Crippen LogP contribution is 2.28. The van der Waals surface area contributed by atoms with Crippen LogP contribution >= 0.6 is 11.3 Å². The second kappa shape index (κ2) is 5.34. The summed E-state index contributed by atoms with van der Waals surface area (Å²) < 4.78 is 36.9. The molecule has 0 aliphatic carbocycles. The van der Waals surface area contributed by atoms with Crippen molar-refractivity contribution in [2.45, 2.75) is 19.5 Å². The van der Waals surface area contributed by atoms with E-state index in [9.17, 15) is 18.0 Å². The lowest BCUT2D eigenvalue weighted by Crippen LogP contribution is -2.34. The van der Waals surface area contributed by atoms with Crippen LogP contribution in [0.5, 0.6) is 0 Å². The van der Waals surface area contributed by atoms with E-state index in [4.69, 9.17) is 0 Å². The molecule has 0 unspecified atom stereocenters. The largest absolute Gasteiger partial charge is 0.405 e. The van der Waals surface area contributed by atoms with Gasteiger partial charge in [0.15, 0.2) is 6.29 Å². The number of halogens is 3. The summed E-state index contributed by atoms with van der Waals surface area (Å²) in [6, 6.07) is 3.09. The van der Waals surface area contributed by atoms with E-state index in [1.807, 2.05) is 6.92 Å². The molecule has 0 saturated heterocycles. The van der Waals surface area contributed by atoms with Crippen LogP contribution in [-0.4, -0.2) is 25.6 Å². The van der Waals surface area contributed by atoms with E-state index in [2.05, 4.69) is 0 Å². The number of aldehydes is 1. The van der Waals surface area contributed by atoms with Crippen molar-refractivity contribution in [3.05, 3.63) is 17.0 Å². The first-order valence-electron chi connectivity index (χ1n) is 4.83. The fourth-order valence-corrected chi connectivity index (χ4v) is 2.18. The molecular formula is C10H12F3NOS. The quantitative estimate of drug-likeness (QED) is 0.748. The maximum Gasteiger partial charge on any atom is 0.405 e. The highest BCUT2D eigenvalue weighted by Gasteiger charge is 2.31. The molecule has 0 N–H and O–H groups in total. The average molecular weight is 251 g/mol. The van der Waals surface area contributed by atoms with Gasteiger partial charge in [-0.05, 0) is 18.6 Å². The first-order valence-corrected chi connectivity index (χ1v) is 5.64. The Labute approximate surface area is 95.7 Å². The smallest absolute Gasteiger partial charge is 0.354 e. The lowest BCUT2D eigenvalue weighted by Gasteiger charge is -2.23. The summed E-state index contributed by atoms with van der Waals surface area (Å²) in [6.45, 7) is 1.18. The van der Waals surface area contributed by atoms with E-state index in [1.165, 1.54) is 11.0 Å². The van der Waals surface area contributed by atoms with E-state index in [0.29, 0.717) is 29.1 Å². The van der Waals surface area contributed by atoms with Gasteiger partial charge in [0.1, 0.15) is 6.54 Å². The summed E-state index contributed by atoms with van der Waals surface area (Å²) >= 11 is 1.08. The lowest BCUT2D eigenvalue weighted by atomic mass is 10.4. The summed E-state index contributed by atoms with van der Waals surface area (Å²) in [6.07, 6.45) is -2.95. The van der Waals surface area contributed by atoms with E-state index < -0.39 is 12.7 Å². The zero-order valence-corrected chi connectivity index (χ0v) is 9.57. The number of thiophene rings is 1. The van der Waals surface area contributed by atoms with Crippen molar-refractivity contribution in [3.63, 3.8) is 0 Å². The van der Waals surface area contributed by atoms with Crippen LogP contribution in [0.3, 0.4) is 0 Å². The minimum Gasteiger partial charge on any atom is -0.354 e. The normalized spacial score (nSPS) is 11.5. The van der Waals surface area contributed by atoms with Crippen molar-refractivity contribution >= 4 is 22.6 Å². The molecule has 6 heteroatoms. The lowest BCUT2D eigenvalue weighted by molar-refractivity contribution is -0.119. The first-order chi connectivity index (χ1) is 7.46. The summed E-state index contributed by atoms with van der Waals surface area (Å²) in [7, 11) is 0. The van der Waals surface area contributed by atoms with Crippen LogP contribution in [0.1, 0.15) is 23.0 Å². The number of carbonyl (C=O) groups is 1. The third-order valence-corrected chi connectivity index (χ3v) is 2.98. The molecule has 16 heavy (non-hydrogen) atoms. The summed E-state index contributed by atoms with van der Waals surface area (Å²) in [5, 5.41) is 0.487. The van der Waals surface area contributed by atoms with Crippen molar-refractivity contribution in [1.82, 2.24) is 0 Å². The molecule has 0 fully saturated rings. The third kappa shape index (κ3) is 3.84. The standard InChI is InChI=1S/C10H12F3NOS/c1-2-5-14(7-10(11,12)13)9-4-3-8(6-15)16-9/h3-4,6H,2,5,7H2,1H3. The average Bonchev–Trinajstić information content (AvgIpc) is 2.63. The second-order valence-corrected chi connectivity index (χ2v) is 4.42. The van der Waals surface area contributed by atoms with E-state index in [1.54, 1.807) is 6.07 Å². The summed E-state index contributed by atoms with van der Waals surface area (Å²) in [4.78, 5) is 12.1. The fraction of sp³-hybridized carbons (Fsp3) is 0.500. The molecule has 0 aromatic carbocycles. The fourth-order valence-electron chi connectivity index (χ4n) is 1.33. The van der Waals surface area contributed by atoms with Crippen molar-refractivity contribution in [2.75, 3.05) is 18.0 Å². The molecule has 0 spiro atoms. The van der Waals surface area contributed by atoms with Gasteiger partial charge in [-0.25, -0.2) is 0 Å². The molecule has 1 aromatic heterocycles. The number of hydrogen-bond donors (Lipinski definition) is 0. The van der Waals surface area contributed by atoms with Gasteiger partial charge >= 0.3 is 6.18 Å². The van der Waals surface area contributed by atoms with Gasteiger partial charge in [0.25, 0.3) is 0 Å². The molecule has 90 valence electrons. The molecule has 0 atom stereocenters. The Hall–Kier alpha value is -1.04. The number of rotatable bonds is 5. The second-order valence-electron chi connectivity index (χ2n) is 3.33. The molecule has 1 aromatic rings. The zero-order chi connectivity index (χ0) is 12.2. The van der Waals surface area contributed by atoms with Crippen LogP contribution in [0.25, 0.3) is 0 Å². The maximum atomic E-state index is 12.3. The number of carbonyl (C=O) groups excluding carboxylic acids is 1. The monoisotopic (exact) mass is 251 g/mol. The summed E-state index contributed by atoms with van der Waals surface area (Å²) in [5.74, 6) is 0. The molecule has 0 radical (unpaired) electrons. The molecule has 0 aliphatic rings. The van der Waals surface area contributed by atoms with Crippen molar-refractivity contribution in [2.24, 2.45) is 0 Å². The van der Waals surface area contributed by atoms with E-state index >= 15 is 0 Å². The van der Waals surface area contributed by atoms with Crippen LogP contribution in [0.4, 0.5) is 18.2 Å². The van der Waals surface area contributed by atoms with Crippen LogP contribution in [0, 0.1) is 0 Å². The van der Waals surface area contributed by atoms with E-state index in [0.717, 1.165) is 11.3 Å². The summed E-state index contributed by atoms with van der Waals surface area (Å²) in [5.41, 5.74) is 0. The van der Waals surface area contributed by atoms with Crippen LogP contribution in [-0.2, 0) is 0 Å². The Bertz CT molecular complexity index is 348. The third-order valence-electron chi connectivity index (χ3n) is 1.90. The topological polar surface area (TPSA) is 20.3 Å². The van der Waals surface area contributed by atoms with Crippen molar-refractivity contribution in [1.29, 1.82) is 0 Å². The molecule has 1 rings (SSSR count). The van der Waals surface area contributed by atoms with Crippen LogP contribution < -0.4 is 4.90 Å². The molecule has 0 bridgehead atoms. The highest BCUT2D eigenvalue weighted by molar-refractivity contribution is 7.17. The van der Waals surface area contributed by atoms with Gasteiger partial charge < -0.3 is 4.90 Å². The maximum absolute atomic E-state index is 12.3. The minimum absolute atomic E-state index is 0.332. The Kier molecular flexibility index (Phi) is 4.35. The zero-order valence-electron chi connectivity index (χ0n) is 8.75. The predicted molar refractivity (Wildman–Crippen MR) is 58.3 cm³/mol. The minimum atomic E-state index is -4.22. The molecule has 1 heterocycles. The molecule has 0 aliphatic heterocycles. The van der Waals surface area contributed by atoms with Crippen molar-refractivity contribution in [3.8, 4) is 0 Å². The molecule has 0 amide bonds. The van der Waals surface area contributed by atoms with Gasteiger partial charge in [0.2, 0.25) is 0 Å². The SMILES string of the molecule is CCCN(CC(F)(F)F)c1ccc(C=O)s1. The van der Waals surface area contributed by atoms with Crippen molar-refractivity contribution < 1.29 is 18.0 Å². The Morgan fingerprint density at radius 2 is 2.12 bits per heavy atom. The predicted octanol–water partition coefficient (Wildman–Crippen LogP) is 3.34. The first kappa shape index (κ1) is 13.0. The van der Waals surface area contributed by atoms with Gasteiger partial charge in [-0.3, -0.25) is 4.79 Å². The van der Waals surface area contributed by atoms with Gasteiger partial charge in [-0.1, -0.05) is 6.92 Å². The van der Waals surface area contributed by atoms with Gasteiger partial charge in [-0.2, -0.15) is 13.2 Å². The van der Waals surface area contributed by atoms with Crippen LogP contribution in [0.15, 0.2) is 12.1 Å². The van der Waals surface area contributed by atoms with Gasteiger partial charge in [-0.15, -0.1) is 11.3 Å².